The van der Waals surface area contributed by atoms with E-state index in [0.717, 1.165) is 0 Å². The Bertz CT molecular complexity index is 831. The van der Waals surface area contributed by atoms with Gasteiger partial charge in [-0.2, -0.15) is 5.26 Å². The Hall–Kier alpha value is -3.59. The van der Waals surface area contributed by atoms with E-state index in [4.69, 9.17) is 4.74 Å². The molecule has 2 aromatic rings. The molecule has 2 aromatic carbocycles. The number of carbonyl (C=O) groups is 2. The van der Waals surface area contributed by atoms with Gasteiger partial charge in [-0.1, -0.05) is 12.1 Å². The van der Waals surface area contributed by atoms with Gasteiger partial charge in [0.1, 0.15) is 17.4 Å². The van der Waals surface area contributed by atoms with Crippen LogP contribution >= 0.6 is 0 Å². The van der Waals surface area contributed by atoms with Crippen LogP contribution in [0.3, 0.4) is 0 Å². The minimum atomic E-state index is -0.523. The van der Waals surface area contributed by atoms with Crippen LogP contribution in [-0.4, -0.2) is 26.1 Å². The van der Waals surface area contributed by atoms with Crippen molar-refractivity contribution in [1.82, 2.24) is 0 Å². The topological polar surface area (TPSA) is 88.4 Å². The molecule has 0 bridgehead atoms. The van der Waals surface area contributed by atoms with Crippen molar-refractivity contribution in [2.45, 2.75) is 0 Å². The highest BCUT2D eigenvalue weighted by molar-refractivity contribution is 6.09. The Morgan fingerprint density at radius 1 is 1.04 bits per heavy atom. The van der Waals surface area contributed by atoms with E-state index in [2.05, 4.69) is 10.1 Å². The van der Waals surface area contributed by atoms with Gasteiger partial charge in [-0.25, -0.2) is 4.79 Å². The van der Waals surface area contributed by atoms with E-state index in [1.54, 1.807) is 55.6 Å². The van der Waals surface area contributed by atoms with Gasteiger partial charge >= 0.3 is 5.97 Å². The summed E-state index contributed by atoms with van der Waals surface area (Å²) in [6, 6.07) is 15.0. The van der Waals surface area contributed by atoms with E-state index in [9.17, 15) is 14.9 Å². The van der Waals surface area contributed by atoms with E-state index >= 15 is 0 Å². The summed E-state index contributed by atoms with van der Waals surface area (Å²) in [5.74, 6) is -0.308. The van der Waals surface area contributed by atoms with Crippen LogP contribution in [0.5, 0.6) is 5.75 Å². The number of amides is 1. The van der Waals surface area contributed by atoms with Gasteiger partial charge in [-0.15, -0.1) is 0 Å². The molecule has 0 aromatic heterocycles. The van der Waals surface area contributed by atoms with Crippen LogP contribution in [-0.2, 0) is 9.53 Å². The molecule has 1 N–H and O–H groups in total. The number of carbonyl (C=O) groups excluding carboxylic acids is 2. The van der Waals surface area contributed by atoms with Crippen molar-refractivity contribution in [2.24, 2.45) is 0 Å². The molecule has 0 aliphatic carbocycles. The van der Waals surface area contributed by atoms with Crippen molar-refractivity contribution in [3.63, 3.8) is 0 Å². The second-order valence-corrected chi connectivity index (χ2v) is 4.97. The number of anilines is 1. The molecule has 126 valence electrons. The summed E-state index contributed by atoms with van der Waals surface area (Å²) in [7, 11) is 2.85. The maximum atomic E-state index is 12.2. The minimum absolute atomic E-state index is 0.0540. The summed E-state index contributed by atoms with van der Waals surface area (Å²) in [5.41, 5.74) is 1.50. The summed E-state index contributed by atoms with van der Waals surface area (Å²) >= 11 is 0. The lowest BCUT2D eigenvalue weighted by atomic mass is 10.1. The molecule has 0 atom stereocenters. The summed E-state index contributed by atoms with van der Waals surface area (Å²) in [6.45, 7) is 0. The second-order valence-electron chi connectivity index (χ2n) is 4.97. The van der Waals surface area contributed by atoms with E-state index in [1.165, 1.54) is 13.2 Å². The number of ether oxygens (including phenoxy) is 2. The highest BCUT2D eigenvalue weighted by Gasteiger charge is 2.10. The van der Waals surface area contributed by atoms with Crippen LogP contribution in [0, 0.1) is 11.3 Å². The lowest BCUT2D eigenvalue weighted by Gasteiger charge is -2.06. The van der Waals surface area contributed by atoms with Gasteiger partial charge in [-0.3, -0.25) is 4.79 Å². The Balaban J connectivity index is 2.14. The van der Waals surface area contributed by atoms with Gasteiger partial charge in [0.25, 0.3) is 5.91 Å². The van der Waals surface area contributed by atoms with Gasteiger partial charge in [-0.05, 0) is 48.0 Å². The first kappa shape index (κ1) is 17.8. The number of hydrogen-bond donors (Lipinski definition) is 1. The van der Waals surface area contributed by atoms with E-state index < -0.39 is 11.9 Å². The maximum Gasteiger partial charge on any atom is 0.337 e. The van der Waals surface area contributed by atoms with Crippen LogP contribution in [0.25, 0.3) is 6.08 Å². The van der Waals surface area contributed by atoms with Gasteiger partial charge in [0.05, 0.1) is 19.8 Å². The normalized spacial score (nSPS) is 10.5. The molecule has 1 amide bonds. The van der Waals surface area contributed by atoms with Crippen molar-refractivity contribution < 1.29 is 19.1 Å². The molecule has 6 heteroatoms. The first-order valence-corrected chi connectivity index (χ1v) is 7.33. The van der Waals surface area contributed by atoms with Crippen LogP contribution < -0.4 is 10.1 Å². The molecule has 0 spiro atoms. The molecule has 0 aliphatic rings. The molecule has 2 rings (SSSR count). The number of esters is 1. The second kappa shape index (κ2) is 8.31. The van der Waals surface area contributed by atoms with Crippen molar-refractivity contribution >= 4 is 23.6 Å². The van der Waals surface area contributed by atoms with Crippen molar-refractivity contribution in [2.75, 3.05) is 19.5 Å². The SMILES string of the molecule is COC(=O)c1ccc(/C=C(\C#N)C(=O)Nc2ccc(OC)cc2)cc1. The molecule has 0 saturated heterocycles. The van der Waals surface area contributed by atoms with Crippen molar-refractivity contribution in [1.29, 1.82) is 5.26 Å². The summed E-state index contributed by atoms with van der Waals surface area (Å²) in [6.07, 6.45) is 1.44. The molecule has 6 nitrogen and oxygen atoms in total. The summed E-state index contributed by atoms with van der Waals surface area (Å²) in [5, 5.41) is 11.9. The summed E-state index contributed by atoms with van der Waals surface area (Å²) < 4.78 is 9.67. The first-order valence-electron chi connectivity index (χ1n) is 7.33. The molecule has 0 aliphatic heterocycles. The smallest absolute Gasteiger partial charge is 0.337 e. The zero-order chi connectivity index (χ0) is 18.2. The van der Waals surface area contributed by atoms with E-state index in [0.29, 0.717) is 22.6 Å². The zero-order valence-electron chi connectivity index (χ0n) is 13.8. The Morgan fingerprint density at radius 3 is 2.20 bits per heavy atom. The van der Waals surface area contributed by atoms with Gasteiger partial charge in [0.2, 0.25) is 0 Å². The third-order valence-corrected chi connectivity index (χ3v) is 3.36. The average Bonchev–Trinajstić information content (AvgIpc) is 2.66. The third-order valence-electron chi connectivity index (χ3n) is 3.36. The molecular weight excluding hydrogens is 320 g/mol. The number of nitrogens with one attached hydrogen (secondary N) is 1. The zero-order valence-corrected chi connectivity index (χ0v) is 13.8. The maximum absolute atomic E-state index is 12.2. The minimum Gasteiger partial charge on any atom is -0.497 e. The molecule has 0 fully saturated rings. The number of nitriles is 1. The highest BCUT2D eigenvalue weighted by Crippen LogP contribution is 2.16. The highest BCUT2D eigenvalue weighted by atomic mass is 16.5. The number of rotatable bonds is 5. The van der Waals surface area contributed by atoms with Crippen LogP contribution in [0.2, 0.25) is 0 Å². The van der Waals surface area contributed by atoms with Crippen molar-refractivity contribution in [3.8, 4) is 11.8 Å². The van der Waals surface area contributed by atoms with Gasteiger partial charge in [0.15, 0.2) is 0 Å². The Morgan fingerprint density at radius 2 is 1.68 bits per heavy atom. The fourth-order valence-electron chi connectivity index (χ4n) is 2.02. The molecule has 0 heterocycles. The quantitative estimate of drug-likeness (QED) is 0.515. The van der Waals surface area contributed by atoms with E-state index in [1.807, 2.05) is 6.07 Å². The lowest BCUT2D eigenvalue weighted by Crippen LogP contribution is -2.13. The van der Waals surface area contributed by atoms with Crippen LogP contribution in [0.15, 0.2) is 54.1 Å². The molecular formula is C19H16N2O4. The molecule has 0 saturated carbocycles. The fourth-order valence-corrected chi connectivity index (χ4v) is 2.02. The Kier molecular flexibility index (Phi) is 5.91. The van der Waals surface area contributed by atoms with Crippen molar-refractivity contribution in [3.05, 3.63) is 65.2 Å². The van der Waals surface area contributed by atoms with E-state index in [-0.39, 0.29) is 5.57 Å². The largest absolute Gasteiger partial charge is 0.497 e. The number of nitrogens with zero attached hydrogens (tertiary/aromatic N) is 1. The van der Waals surface area contributed by atoms with Gasteiger partial charge < -0.3 is 14.8 Å². The average molecular weight is 336 g/mol. The first-order chi connectivity index (χ1) is 12.1. The van der Waals surface area contributed by atoms with Crippen LogP contribution in [0.4, 0.5) is 5.69 Å². The summed E-state index contributed by atoms with van der Waals surface area (Å²) in [4.78, 5) is 23.6. The number of hydrogen-bond acceptors (Lipinski definition) is 5. The Labute approximate surface area is 145 Å². The predicted molar refractivity (Wildman–Crippen MR) is 93.0 cm³/mol. The molecule has 0 radical (unpaired) electrons. The standard InChI is InChI=1S/C19H16N2O4/c1-24-17-9-7-16(8-10-17)21-18(22)15(12-20)11-13-3-5-14(6-4-13)19(23)25-2/h3-11H,1-2H3,(H,21,22)/b15-11+. The monoisotopic (exact) mass is 336 g/mol. The number of benzene rings is 2. The molecule has 0 unspecified atom stereocenters. The molecule has 25 heavy (non-hydrogen) atoms. The number of methoxy groups -OCH3 is 2. The fraction of sp³-hybridized carbons (Fsp3) is 0.105. The van der Waals surface area contributed by atoms with Crippen LogP contribution in [0.1, 0.15) is 15.9 Å². The predicted octanol–water partition coefficient (Wildman–Crippen LogP) is 3.03. The lowest BCUT2D eigenvalue weighted by molar-refractivity contribution is -0.112. The van der Waals surface area contributed by atoms with Gasteiger partial charge in [0, 0.05) is 5.69 Å². The third kappa shape index (κ3) is 4.69.